The molecule has 98 valence electrons. The Morgan fingerprint density at radius 1 is 1.35 bits per heavy atom. The Bertz CT molecular complexity index is 305. The van der Waals surface area contributed by atoms with Crippen LogP contribution >= 0.6 is 12.2 Å². The number of primary amides is 1. The Morgan fingerprint density at radius 2 is 1.88 bits per heavy atom. The Morgan fingerprint density at radius 3 is 2.18 bits per heavy atom. The van der Waals surface area contributed by atoms with Crippen LogP contribution in [0.5, 0.6) is 0 Å². The fourth-order valence-electron chi connectivity index (χ4n) is 1.77. The third-order valence-corrected chi connectivity index (χ3v) is 3.04. The molecule has 0 aliphatic rings. The van der Waals surface area contributed by atoms with Crippen molar-refractivity contribution in [2.75, 3.05) is 7.05 Å². The molecule has 0 saturated heterocycles. The SMILES string of the molecule is CNC(=S)C(CC(C)C)C(CC(N)=O)C(=O)O. The molecular weight excluding hydrogens is 240 g/mol. The van der Waals surface area contributed by atoms with Gasteiger partial charge in [-0.1, -0.05) is 26.1 Å². The number of hydrogen-bond acceptors (Lipinski definition) is 3. The van der Waals surface area contributed by atoms with Gasteiger partial charge in [-0.3, -0.25) is 9.59 Å². The minimum atomic E-state index is -1.04. The number of rotatable bonds is 7. The van der Waals surface area contributed by atoms with Gasteiger partial charge in [-0.2, -0.15) is 0 Å². The van der Waals surface area contributed by atoms with Gasteiger partial charge in [-0.25, -0.2) is 0 Å². The topological polar surface area (TPSA) is 92.4 Å². The maximum absolute atomic E-state index is 11.2. The highest BCUT2D eigenvalue weighted by molar-refractivity contribution is 7.80. The van der Waals surface area contributed by atoms with Gasteiger partial charge in [-0.15, -0.1) is 0 Å². The van der Waals surface area contributed by atoms with Crippen LogP contribution in [-0.2, 0) is 9.59 Å². The van der Waals surface area contributed by atoms with Crippen molar-refractivity contribution in [2.24, 2.45) is 23.5 Å². The van der Waals surface area contributed by atoms with Gasteiger partial charge >= 0.3 is 5.97 Å². The van der Waals surface area contributed by atoms with E-state index in [1.54, 1.807) is 7.05 Å². The molecule has 0 saturated carbocycles. The minimum absolute atomic E-state index is 0.186. The lowest BCUT2D eigenvalue weighted by molar-refractivity contribution is -0.145. The second kappa shape index (κ2) is 7.21. The summed E-state index contributed by atoms with van der Waals surface area (Å²) in [6.45, 7) is 3.96. The molecule has 0 aliphatic carbocycles. The van der Waals surface area contributed by atoms with Crippen LogP contribution in [0.4, 0.5) is 0 Å². The lowest BCUT2D eigenvalue weighted by Gasteiger charge is -2.25. The normalized spacial score (nSPS) is 14.1. The number of thiocarbonyl (C=S) groups is 1. The van der Waals surface area contributed by atoms with E-state index >= 15 is 0 Å². The van der Waals surface area contributed by atoms with Crippen molar-refractivity contribution in [1.82, 2.24) is 5.32 Å². The summed E-state index contributed by atoms with van der Waals surface area (Å²) in [4.78, 5) is 22.6. The fraction of sp³-hybridized carbons (Fsp3) is 0.727. The smallest absolute Gasteiger partial charge is 0.307 e. The molecule has 0 aromatic carbocycles. The Labute approximate surface area is 107 Å². The molecule has 0 fully saturated rings. The van der Waals surface area contributed by atoms with Gasteiger partial charge in [0.05, 0.1) is 10.9 Å². The molecule has 0 aromatic rings. The van der Waals surface area contributed by atoms with Crippen molar-refractivity contribution in [3.05, 3.63) is 0 Å². The molecular formula is C11H20N2O3S. The number of carbonyl (C=O) groups is 2. The predicted octanol–water partition coefficient (Wildman–Crippen LogP) is 0.772. The van der Waals surface area contributed by atoms with E-state index in [0.717, 1.165) is 0 Å². The van der Waals surface area contributed by atoms with Crippen molar-refractivity contribution in [3.63, 3.8) is 0 Å². The number of aliphatic carboxylic acids is 1. The molecule has 4 N–H and O–H groups in total. The summed E-state index contributed by atoms with van der Waals surface area (Å²) in [7, 11) is 1.65. The average molecular weight is 260 g/mol. The Balaban J connectivity index is 4.99. The molecule has 2 unspecified atom stereocenters. The van der Waals surface area contributed by atoms with Crippen molar-refractivity contribution < 1.29 is 14.7 Å². The molecule has 1 amide bonds. The zero-order valence-electron chi connectivity index (χ0n) is 10.4. The summed E-state index contributed by atoms with van der Waals surface area (Å²) in [6, 6.07) is 0. The van der Waals surface area contributed by atoms with Crippen molar-refractivity contribution >= 4 is 29.1 Å². The Kier molecular flexibility index (Phi) is 6.72. The summed E-state index contributed by atoms with van der Waals surface area (Å²) in [6.07, 6.45) is 0.429. The van der Waals surface area contributed by atoms with Gasteiger partial charge in [0.2, 0.25) is 5.91 Å². The van der Waals surface area contributed by atoms with Crippen molar-refractivity contribution in [2.45, 2.75) is 26.7 Å². The summed E-state index contributed by atoms with van der Waals surface area (Å²) in [5.74, 6) is -2.58. The number of hydrogen-bond donors (Lipinski definition) is 3. The van der Waals surface area contributed by atoms with E-state index in [4.69, 9.17) is 23.1 Å². The van der Waals surface area contributed by atoms with Gasteiger partial charge in [0, 0.05) is 19.4 Å². The van der Waals surface area contributed by atoms with Crippen LogP contribution in [0.15, 0.2) is 0 Å². The predicted molar refractivity (Wildman–Crippen MR) is 69.5 cm³/mol. The van der Waals surface area contributed by atoms with E-state index < -0.39 is 17.8 Å². The van der Waals surface area contributed by atoms with Crippen LogP contribution in [0.3, 0.4) is 0 Å². The number of carboxylic acids is 1. The van der Waals surface area contributed by atoms with Gasteiger partial charge in [-0.05, 0) is 12.3 Å². The molecule has 0 radical (unpaired) electrons. The first-order valence-electron chi connectivity index (χ1n) is 5.52. The van der Waals surface area contributed by atoms with Gasteiger partial charge in [0.1, 0.15) is 0 Å². The minimum Gasteiger partial charge on any atom is -0.481 e. The zero-order valence-corrected chi connectivity index (χ0v) is 11.2. The van der Waals surface area contributed by atoms with Crippen LogP contribution in [-0.4, -0.2) is 29.0 Å². The summed E-state index contributed by atoms with van der Waals surface area (Å²) in [5.41, 5.74) is 5.08. The molecule has 5 nitrogen and oxygen atoms in total. The number of amides is 1. The number of carbonyl (C=O) groups excluding carboxylic acids is 1. The van der Waals surface area contributed by atoms with E-state index in [1.165, 1.54) is 0 Å². The first-order valence-corrected chi connectivity index (χ1v) is 5.93. The van der Waals surface area contributed by atoms with Gasteiger partial charge < -0.3 is 16.2 Å². The van der Waals surface area contributed by atoms with Gasteiger partial charge in [0.15, 0.2) is 0 Å². The quantitative estimate of drug-likeness (QED) is 0.588. The monoisotopic (exact) mass is 260 g/mol. The van der Waals surface area contributed by atoms with Crippen molar-refractivity contribution in [1.29, 1.82) is 0 Å². The largest absolute Gasteiger partial charge is 0.481 e. The van der Waals surface area contributed by atoms with Gasteiger partial charge in [0.25, 0.3) is 0 Å². The molecule has 2 atom stereocenters. The number of nitrogens with one attached hydrogen (secondary N) is 1. The molecule has 0 bridgehead atoms. The lowest BCUT2D eigenvalue weighted by Crippen LogP contribution is -2.38. The van der Waals surface area contributed by atoms with Crippen molar-refractivity contribution in [3.8, 4) is 0 Å². The van der Waals surface area contributed by atoms with Crippen LogP contribution in [0.2, 0.25) is 0 Å². The maximum Gasteiger partial charge on any atom is 0.307 e. The van der Waals surface area contributed by atoms with Crippen LogP contribution in [0, 0.1) is 17.8 Å². The lowest BCUT2D eigenvalue weighted by atomic mass is 9.83. The fourth-order valence-corrected chi connectivity index (χ4v) is 2.03. The molecule has 0 aliphatic heterocycles. The Hall–Kier alpha value is -1.17. The second-order valence-electron chi connectivity index (χ2n) is 4.47. The number of carboxylic acid groups (broad SMARTS) is 1. The standard InChI is InChI=1S/C11H20N2O3S/c1-6(2)4-7(10(17)13-3)8(11(15)16)5-9(12)14/h6-8H,4-5H2,1-3H3,(H2,12,14)(H,13,17)(H,15,16). The second-order valence-corrected chi connectivity index (χ2v) is 4.91. The average Bonchev–Trinajstić information content (AvgIpc) is 2.21. The van der Waals surface area contributed by atoms with E-state index in [-0.39, 0.29) is 12.3 Å². The van der Waals surface area contributed by atoms with E-state index in [2.05, 4.69) is 5.32 Å². The summed E-state index contributed by atoms with van der Waals surface area (Å²) in [5, 5.41) is 11.9. The van der Waals surface area contributed by atoms with Crippen LogP contribution in [0.1, 0.15) is 26.7 Å². The highest BCUT2D eigenvalue weighted by Gasteiger charge is 2.32. The first kappa shape index (κ1) is 15.8. The third kappa shape index (κ3) is 5.63. The number of nitrogens with two attached hydrogens (primary N) is 1. The maximum atomic E-state index is 11.2. The van der Waals surface area contributed by atoms with E-state index in [9.17, 15) is 9.59 Å². The van der Waals surface area contributed by atoms with Crippen LogP contribution < -0.4 is 11.1 Å². The molecule has 0 rings (SSSR count). The molecule has 0 heterocycles. The molecule has 0 spiro atoms. The first-order chi connectivity index (χ1) is 7.79. The van der Waals surface area contributed by atoms with E-state index in [1.807, 2.05) is 13.8 Å². The molecule has 6 heteroatoms. The van der Waals surface area contributed by atoms with E-state index in [0.29, 0.717) is 17.3 Å². The highest BCUT2D eigenvalue weighted by Crippen LogP contribution is 2.25. The summed E-state index contributed by atoms with van der Waals surface area (Å²) < 4.78 is 0. The van der Waals surface area contributed by atoms with Crippen LogP contribution in [0.25, 0.3) is 0 Å². The highest BCUT2D eigenvalue weighted by atomic mass is 32.1. The third-order valence-electron chi connectivity index (χ3n) is 2.53. The molecule has 0 aromatic heterocycles. The zero-order chi connectivity index (χ0) is 13.6. The summed E-state index contributed by atoms with van der Waals surface area (Å²) >= 11 is 5.12. The molecule has 17 heavy (non-hydrogen) atoms.